The SMILES string of the molecule is COc1ccccc1C#Cc1ccc([N+](=O)[O-])cc1. The second-order valence-electron chi connectivity index (χ2n) is 3.75. The lowest BCUT2D eigenvalue weighted by Crippen LogP contribution is -1.88. The molecule has 0 aliphatic heterocycles. The Hall–Kier alpha value is -2.80. The average Bonchev–Trinajstić information content (AvgIpc) is 2.45. The summed E-state index contributed by atoms with van der Waals surface area (Å²) in [5.41, 5.74) is 1.56. The molecule has 4 nitrogen and oxygen atoms in total. The van der Waals surface area contributed by atoms with Crippen LogP contribution in [-0.2, 0) is 0 Å². The predicted molar refractivity (Wildman–Crippen MR) is 72.1 cm³/mol. The number of nitro groups is 1. The van der Waals surface area contributed by atoms with Gasteiger partial charge in [0.1, 0.15) is 5.75 Å². The molecule has 0 atom stereocenters. The molecule has 0 spiro atoms. The molecule has 2 aromatic carbocycles. The van der Waals surface area contributed by atoms with Crippen molar-refractivity contribution in [2.45, 2.75) is 0 Å². The van der Waals surface area contributed by atoms with Crippen LogP contribution in [-0.4, -0.2) is 12.0 Å². The van der Waals surface area contributed by atoms with Crippen LogP contribution in [0.15, 0.2) is 48.5 Å². The first-order chi connectivity index (χ1) is 9.20. The lowest BCUT2D eigenvalue weighted by Gasteiger charge is -2.00. The van der Waals surface area contributed by atoms with E-state index in [4.69, 9.17) is 4.74 Å². The molecular weight excluding hydrogens is 242 g/mol. The minimum atomic E-state index is -0.433. The van der Waals surface area contributed by atoms with E-state index < -0.39 is 4.92 Å². The summed E-state index contributed by atoms with van der Waals surface area (Å²) in [6.45, 7) is 0. The number of hydrogen-bond acceptors (Lipinski definition) is 3. The monoisotopic (exact) mass is 253 g/mol. The number of benzene rings is 2. The van der Waals surface area contributed by atoms with Gasteiger partial charge in [-0.15, -0.1) is 0 Å². The number of para-hydroxylation sites is 1. The van der Waals surface area contributed by atoms with Gasteiger partial charge in [-0.1, -0.05) is 24.0 Å². The fraction of sp³-hybridized carbons (Fsp3) is 0.0667. The smallest absolute Gasteiger partial charge is 0.269 e. The van der Waals surface area contributed by atoms with E-state index in [-0.39, 0.29) is 5.69 Å². The minimum absolute atomic E-state index is 0.0582. The third kappa shape index (κ3) is 3.11. The Labute approximate surface area is 110 Å². The van der Waals surface area contributed by atoms with E-state index in [0.717, 1.165) is 11.1 Å². The molecule has 0 aliphatic rings. The fourth-order valence-electron chi connectivity index (χ4n) is 1.55. The van der Waals surface area contributed by atoms with Crippen molar-refractivity contribution in [3.63, 3.8) is 0 Å². The van der Waals surface area contributed by atoms with E-state index in [0.29, 0.717) is 5.75 Å². The standard InChI is InChI=1S/C15H11NO3/c1-19-15-5-3-2-4-13(15)9-6-12-7-10-14(11-8-12)16(17)18/h2-5,7-8,10-11H,1H3. The van der Waals surface area contributed by atoms with Crippen LogP contribution in [0.25, 0.3) is 0 Å². The molecule has 94 valence electrons. The van der Waals surface area contributed by atoms with Gasteiger partial charge in [-0.3, -0.25) is 10.1 Å². The molecule has 0 aromatic heterocycles. The summed E-state index contributed by atoms with van der Waals surface area (Å²) in [5.74, 6) is 6.64. The third-order valence-electron chi connectivity index (χ3n) is 2.53. The van der Waals surface area contributed by atoms with Crippen LogP contribution in [0.2, 0.25) is 0 Å². The van der Waals surface area contributed by atoms with Crippen molar-refractivity contribution < 1.29 is 9.66 Å². The summed E-state index contributed by atoms with van der Waals surface area (Å²) in [5, 5.41) is 10.5. The van der Waals surface area contributed by atoms with Gasteiger partial charge < -0.3 is 4.74 Å². The van der Waals surface area contributed by atoms with Crippen LogP contribution in [0.4, 0.5) is 5.69 Å². The molecule has 0 radical (unpaired) electrons. The Balaban J connectivity index is 2.26. The quantitative estimate of drug-likeness (QED) is 0.469. The number of rotatable bonds is 2. The normalized spacial score (nSPS) is 9.32. The Morgan fingerprint density at radius 3 is 2.37 bits per heavy atom. The average molecular weight is 253 g/mol. The maximum atomic E-state index is 10.5. The first-order valence-corrected chi connectivity index (χ1v) is 5.60. The summed E-state index contributed by atoms with van der Waals surface area (Å²) >= 11 is 0. The lowest BCUT2D eigenvalue weighted by molar-refractivity contribution is -0.384. The van der Waals surface area contributed by atoms with Gasteiger partial charge in [-0.25, -0.2) is 0 Å². The highest BCUT2D eigenvalue weighted by molar-refractivity contribution is 5.50. The molecule has 2 rings (SSSR count). The van der Waals surface area contributed by atoms with E-state index in [1.807, 2.05) is 24.3 Å². The minimum Gasteiger partial charge on any atom is -0.495 e. The lowest BCUT2D eigenvalue weighted by atomic mass is 10.1. The highest BCUT2D eigenvalue weighted by Gasteiger charge is 2.02. The molecule has 0 heterocycles. The third-order valence-corrected chi connectivity index (χ3v) is 2.53. The maximum Gasteiger partial charge on any atom is 0.269 e. The summed E-state index contributed by atoms with van der Waals surface area (Å²) in [6, 6.07) is 13.6. The van der Waals surface area contributed by atoms with Crippen LogP contribution in [0.5, 0.6) is 5.75 Å². The van der Waals surface area contributed by atoms with E-state index in [1.165, 1.54) is 12.1 Å². The van der Waals surface area contributed by atoms with E-state index in [9.17, 15) is 10.1 Å². The van der Waals surface area contributed by atoms with Gasteiger partial charge in [0.25, 0.3) is 5.69 Å². The molecule has 0 saturated carbocycles. The van der Waals surface area contributed by atoms with Crippen LogP contribution in [0, 0.1) is 22.0 Å². The van der Waals surface area contributed by atoms with Gasteiger partial charge in [-0.05, 0) is 24.3 Å². The van der Waals surface area contributed by atoms with Crippen molar-refractivity contribution in [1.29, 1.82) is 0 Å². The van der Waals surface area contributed by atoms with Crippen molar-refractivity contribution in [2.24, 2.45) is 0 Å². The number of ether oxygens (including phenoxy) is 1. The number of nitrogens with zero attached hydrogens (tertiary/aromatic N) is 1. The van der Waals surface area contributed by atoms with Crippen molar-refractivity contribution in [3.8, 4) is 17.6 Å². The van der Waals surface area contributed by atoms with E-state index >= 15 is 0 Å². The van der Waals surface area contributed by atoms with Crippen molar-refractivity contribution >= 4 is 5.69 Å². The largest absolute Gasteiger partial charge is 0.495 e. The van der Waals surface area contributed by atoms with Gasteiger partial charge in [0.15, 0.2) is 0 Å². The predicted octanol–water partition coefficient (Wildman–Crippen LogP) is 3.00. The first kappa shape index (κ1) is 12.7. The van der Waals surface area contributed by atoms with Crippen LogP contribution < -0.4 is 4.74 Å². The molecule has 0 saturated heterocycles. The second-order valence-corrected chi connectivity index (χ2v) is 3.75. The molecule has 2 aromatic rings. The Morgan fingerprint density at radius 1 is 1.05 bits per heavy atom. The zero-order valence-electron chi connectivity index (χ0n) is 10.3. The highest BCUT2D eigenvalue weighted by Crippen LogP contribution is 2.16. The zero-order valence-corrected chi connectivity index (χ0v) is 10.3. The summed E-state index contributed by atoms with van der Waals surface area (Å²) in [7, 11) is 1.59. The van der Waals surface area contributed by atoms with Crippen molar-refractivity contribution in [2.75, 3.05) is 7.11 Å². The first-order valence-electron chi connectivity index (χ1n) is 5.60. The van der Waals surface area contributed by atoms with Gasteiger partial charge in [0.05, 0.1) is 17.6 Å². The van der Waals surface area contributed by atoms with Gasteiger partial charge in [0, 0.05) is 17.7 Å². The van der Waals surface area contributed by atoms with Crippen molar-refractivity contribution in [3.05, 3.63) is 69.8 Å². The molecule has 0 aliphatic carbocycles. The second kappa shape index (κ2) is 5.69. The Bertz CT molecular complexity index is 651. The van der Waals surface area contributed by atoms with Gasteiger partial charge in [0.2, 0.25) is 0 Å². The van der Waals surface area contributed by atoms with Crippen LogP contribution in [0.1, 0.15) is 11.1 Å². The fourth-order valence-corrected chi connectivity index (χ4v) is 1.55. The van der Waals surface area contributed by atoms with Crippen LogP contribution >= 0.6 is 0 Å². The Morgan fingerprint density at radius 2 is 1.74 bits per heavy atom. The Kier molecular flexibility index (Phi) is 3.79. The molecule has 19 heavy (non-hydrogen) atoms. The number of nitro benzene ring substituents is 1. The molecule has 0 amide bonds. The van der Waals surface area contributed by atoms with E-state index in [2.05, 4.69) is 11.8 Å². The summed E-state index contributed by atoms with van der Waals surface area (Å²) in [6.07, 6.45) is 0. The van der Waals surface area contributed by atoms with Crippen LogP contribution in [0.3, 0.4) is 0 Å². The molecular formula is C15H11NO3. The molecule has 0 unspecified atom stereocenters. The maximum absolute atomic E-state index is 10.5. The number of methoxy groups -OCH3 is 1. The molecule has 4 heteroatoms. The van der Waals surface area contributed by atoms with E-state index in [1.54, 1.807) is 19.2 Å². The molecule has 0 fully saturated rings. The van der Waals surface area contributed by atoms with Gasteiger partial charge >= 0.3 is 0 Å². The zero-order chi connectivity index (χ0) is 13.7. The summed E-state index contributed by atoms with van der Waals surface area (Å²) < 4.78 is 5.19. The topological polar surface area (TPSA) is 52.4 Å². The number of hydrogen-bond donors (Lipinski definition) is 0. The molecule has 0 N–H and O–H groups in total. The van der Waals surface area contributed by atoms with Gasteiger partial charge in [-0.2, -0.15) is 0 Å². The molecule has 0 bridgehead atoms. The summed E-state index contributed by atoms with van der Waals surface area (Å²) in [4.78, 5) is 10.1. The van der Waals surface area contributed by atoms with Crippen molar-refractivity contribution in [1.82, 2.24) is 0 Å². The highest BCUT2D eigenvalue weighted by atomic mass is 16.6. The number of non-ortho nitro benzene ring substituents is 1.